The third kappa shape index (κ3) is 5.20. The van der Waals surface area contributed by atoms with E-state index in [4.69, 9.17) is 10.00 Å². The fraction of sp³-hybridized carbons (Fsp3) is 0.867. The first-order valence-corrected chi connectivity index (χ1v) is 7.23. The van der Waals surface area contributed by atoms with Crippen molar-refractivity contribution in [1.29, 1.82) is 5.26 Å². The second-order valence-corrected chi connectivity index (χ2v) is 6.02. The molecule has 19 heavy (non-hydrogen) atoms. The molecule has 108 valence electrons. The van der Waals surface area contributed by atoms with Crippen LogP contribution in [0.4, 0.5) is 0 Å². The van der Waals surface area contributed by atoms with E-state index in [9.17, 15) is 4.79 Å². The molecule has 0 saturated carbocycles. The summed E-state index contributed by atoms with van der Waals surface area (Å²) in [5, 5.41) is 8.97. The second-order valence-electron chi connectivity index (χ2n) is 6.02. The average molecular weight is 266 g/mol. The van der Waals surface area contributed by atoms with Gasteiger partial charge >= 0.3 is 5.97 Å². The standard InChI is InChI=1S/C15H26N2O2/c1-15(2,12-16)9-5-7-11-17-10-6-4-8-13(17)14(18)19-3/h13H,4-11H2,1-3H3. The molecule has 1 aliphatic rings. The number of likely N-dealkylation sites (tertiary alicyclic amines) is 1. The number of carbonyl (C=O) groups is 1. The van der Waals surface area contributed by atoms with Crippen LogP contribution in [0.3, 0.4) is 0 Å². The summed E-state index contributed by atoms with van der Waals surface area (Å²) in [4.78, 5) is 14.0. The number of rotatable bonds is 6. The topological polar surface area (TPSA) is 53.3 Å². The van der Waals surface area contributed by atoms with Crippen LogP contribution in [0.2, 0.25) is 0 Å². The highest BCUT2D eigenvalue weighted by Crippen LogP contribution is 2.23. The molecule has 0 amide bonds. The first-order valence-electron chi connectivity index (χ1n) is 7.23. The van der Waals surface area contributed by atoms with Gasteiger partial charge in [-0.05, 0) is 52.6 Å². The van der Waals surface area contributed by atoms with Gasteiger partial charge in [0.25, 0.3) is 0 Å². The molecule has 0 aliphatic carbocycles. The van der Waals surface area contributed by atoms with Gasteiger partial charge in [-0.25, -0.2) is 0 Å². The van der Waals surface area contributed by atoms with Crippen molar-refractivity contribution in [2.75, 3.05) is 20.2 Å². The molecule has 1 rings (SSSR count). The van der Waals surface area contributed by atoms with Crippen molar-refractivity contribution in [3.8, 4) is 6.07 Å². The lowest BCUT2D eigenvalue weighted by molar-refractivity contribution is -0.148. The number of piperidine rings is 1. The molecular weight excluding hydrogens is 240 g/mol. The SMILES string of the molecule is COC(=O)C1CCCCN1CCCCC(C)(C)C#N. The van der Waals surface area contributed by atoms with Gasteiger partial charge in [-0.3, -0.25) is 9.69 Å². The Hall–Kier alpha value is -1.08. The van der Waals surface area contributed by atoms with E-state index in [0.29, 0.717) is 0 Å². The summed E-state index contributed by atoms with van der Waals surface area (Å²) >= 11 is 0. The Balaban J connectivity index is 2.34. The first-order chi connectivity index (χ1) is 9.00. The van der Waals surface area contributed by atoms with Crippen molar-refractivity contribution in [3.63, 3.8) is 0 Å². The minimum Gasteiger partial charge on any atom is -0.468 e. The largest absolute Gasteiger partial charge is 0.468 e. The number of hydrogen-bond acceptors (Lipinski definition) is 4. The quantitative estimate of drug-likeness (QED) is 0.548. The molecule has 1 unspecified atom stereocenters. The number of nitrogens with zero attached hydrogens (tertiary/aromatic N) is 2. The number of unbranched alkanes of at least 4 members (excludes halogenated alkanes) is 1. The summed E-state index contributed by atoms with van der Waals surface area (Å²) in [6.45, 7) is 5.87. The van der Waals surface area contributed by atoms with Crippen LogP contribution in [0, 0.1) is 16.7 Å². The molecular formula is C15H26N2O2. The molecule has 0 aromatic carbocycles. The van der Waals surface area contributed by atoms with Crippen LogP contribution in [-0.4, -0.2) is 37.1 Å². The van der Waals surface area contributed by atoms with Crippen LogP contribution in [0.25, 0.3) is 0 Å². The van der Waals surface area contributed by atoms with Crippen LogP contribution in [0.5, 0.6) is 0 Å². The van der Waals surface area contributed by atoms with Gasteiger partial charge in [0, 0.05) is 0 Å². The van der Waals surface area contributed by atoms with E-state index in [0.717, 1.165) is 51.6 Å². The molecule has 1 fully saturated rings. The normalized spacial score (nSPS) is 20.8. The summed E-state index contributed by atoms with van der Waals surface area (Å²) in [6, 6.07) is 2.28. The molecule has 1 saturated heterocycles. The summed E-state index contributed by atoms with van der Waals surface area (Å²) < 4.78 is 4.87. The number of carbonyl (C=O) groups excluding carboxylic acids is 1. The Labute approximate surface area is 116 Å². The van der Waals surface area contributed by atoms with Gasteiger partial charge in [0.2, 0.25) is 0 Å². The summed E-state index contributed by atoms with van der Waals surface area (Å²) in [5.41, 5.74) is -0.232. The molecule has 0 spiro atoms. The molecule has 0 bridgehead atoms. The van der Waals surface area contributed by atoms with Crippen LogP contribution in [-0.2, 0) is 9.53 Å². The molecule has 1 heterocycles. The van der Waals surface area contributed by atoms with E-state index in [1.807, 2.05) is 13.8 Å². The minimum atomic E-state index is -0.232. The van der Waals surface area contributed by atoms with Gasteiger partial charge in [0.15, 0.2) is 0 Å². The molecule has 0 aromatic rings. The lowest BCUT2D eigenvalue weighted by Crippen LogP contribution is -2.45. The second kappa shape index (κ2) is 7.49. The summed E-state index contributed by atoms with van der Waals surface area (Å²) in [6.07, 6.45) is 6.18. The van der Waals surface area contributed by atoms with Crippen LogP contribution >= 0.6 is 0 Å². The average Bonchev–Trinajstić information content (AvgIpc) is 2.43. The predicted molar refractivity (Wildman–Crippen MR) is 74.5 cm³/mol. The summed E-state index contributed by atoms with van der Waals surface area (Å²) in [7, 11) is 1.46. The van der Waals surface area contributed by atoms with E-state index in [1.165, 1.54) is 7.11 Å². The van der Waals surface area contributed by atoms with Crippen LogP contribution in [0.15, 0.2) is 0 Å². The van der Waals surface area contributed by atoms with Crippen molar-refractivity contribution in [3.05, 3.63) is 0 Å². The van der Waals surface area contributed by atoms with E-state index >= 15 is 0 Å². The van der Waals surface area contributed by atoms with Gasteiger partial charge in [-0.2, -0.15) is 5.26 Å². The van der Waals surface area contributed by atoms with E-state index in [1.54, 1.807) is 0 Å². The van der Waals surface area contributed by atoms with Crippen molar-refractivity contribution < 1.29 is 9.53 Å². The monoisotopic (exact) mass is 266 g/mol. The number of nitriles is 1. The lowest BCUT2D eigenvalue weighted by atomic mass is 9.89. The van der Waals surface area contributed by atoms with E-state index < -0.39 is 0 Å². The van der Waals surface area contributed by atoms with Crippen molar-refractivity contribution in [1.82, 2.24) is 4.90 Å². The highest BCUT2D eigenvalue weighted by molar-refractivity contribution is 5.75. The molecule has 0 N–H and O–H groups in total. The zero-order valence-electron chi connectivity index (χ0n) is 12.4. The third-order valence-corrected chi connectivity index (χ3v) is 3.89. The van der Waals surface area contributed by atoms with Gasteiger partial charge in [0.1, 0.15) is 6.04 Å². The van der Waals surface area contributed by atoms with E-state index in [-0.39, 0.29) is 17.4 Å². The maximum atomic E-state index is 11.7. The fourth-order valence-electron chi connectivity index (χ4n) is 2.60. The molecule has 4 nitrogen and oxygen atoms in total. The highest BCUT2D eigenvalue weighted by atomic mass is 16.5. The first kappa shape index (κ1) is 16.0. The zero-order chi connectivity index (χ0) is 14.3. The van der Waals surface area contributed by atoms with Crippen LogP contribution < -0.4 is 0 Å². The van der Waals surface area contributed by atoms with Gasteiger partial charge < -0.3 is 4.74 Å². The minimum absolute atomic E-state index is 0.0530. The number of hydrogen-bond donors (Lipinski definition) is 0. The summed E-state index contributed by atoms with van der Waals surface area (Å²) in [5.74, 6) is -0.0999. The Morgan fingerprint density at radius 3 is 2.79 bits per heavy atom. The Morgan fingerprint density at radius 2 is 2.16 bits per heavy atom. The van der Waals surface area contributed by atoms with Gasteiger partial charge in [-0.15, -0.1) is 0 Å². The predicted octanol–water partition coefficient (Wildman–Crippen LogP) is 2.73. The molecule has 1 atom stereocenters. The van der Waals surface area contributed by atoms with Gasteiger partial charge in [0.05, 0.1) is 18.6 Å². The zero-order valence-corrected chi connectivity index (χ0v) is 12.4. The van der Waals surface area contributed by atoms with Crippen LogP contribution in [0.1, 0.15) is 52.4 Å². The van der Waals surface area contributed by atoms with Crippen molar-refractivity contribution in [2.45, 2.75) is 58.4 Å². The maximum Gasteiger partial charge on any atom is 0.323 e. The van der Waals surface area contributed by atoms with Gasteiger partial charge in [-0.1, -0.05) is 12.8 Å². The Bertz CT molecular complexity index is 334. The lowest BCUT2D eigenvalue weighted by Gasteiger charge is -2.33. The number of esters is 1. The number of methoxy groups -OCH3 is 1. The molecule has 1 aliphatic heterocycles. The molecule has 0 aromatic heterocycles. The fourth-order valence-corrected chi connectivity index (χ4v) is 2.60. The highest BCUT2D eigenvalue weighted by Gasteiger charge is 2.28. The smallest absolute Gasteiger partial charge is 0.323 e. The van der Waals surface area contributed by atoms with E-state index in [2.05, 4.69) is 11.0 Å². The molecule has 0 radical (unpaired) electrons. The third-order valence-electron chi connectivity index (χ3n) is 3.89. The molecule has 4 heteroatoms. The maximum absolute atomic E-state index is 11.7. The Morgan fingerprint density at radius 1 is 1.42 bits per heavy atom. The number of ether oxygens (including phenoxy) is 1. The van der Waals surface area contributed by atoms with Crippen molar-refractivity contribution >= 4 is 5.97 Å². The Kier molecular flexibility index (Phi) is 6.30. The van der Waals surface area contributed by atoms with Crippen molar-refractivity contribution in [2.24, 2.45) is 5.41 Å².